The summed E-state index contributed by atoms with van der Waals surface area (Å²) in [4.78, 5) is 41.2. The van der Waals surface area contributed by atoms with E-state index >= 15 is 0 Å². The van der Waals surface area contributed by atoms with Crippen LogP contribution in [0.4, 0.5) is 0 Å². The molecular weight excluding hydrogens is 354 g/mol. The Morgan fingerprint density at radius 1 is 1.00 bits per heavy atom. The number of halogens is 1. The van der Waals surface area contributed by atoms with E-state index in [2.05, 4.69) is 0 Å². The molecule has 0 aliphatic carbocycles. The third-order valence-corrected chi connectivity index (χ3v) is 4.82. The molecule has 0 N–H and O–H groups in total. The zero-order chi connectivity index (χ0) is 17.3. The van der Waals surface area contributed by atoms with E-state index in [0.717, 1.165) is 0 Å². The predicted octanol–water partition coefficient (Wildman–Crippen LogP) is 2.20. The van der Waals surface area contributed by atoms with Crippen LogP contribution >= 0.6 is 11.6 Å². The number of fused-ring (bicyclic) bond motifs is 1. The smallest absolute Gasteiger partial charge is 0.329 e. The maximum Gasteiger partial charge on any atom is 0.346 e. The number of imide groups is 1. The minimum absolute atomic E-state index is 0.161. The van der Waals surface area contributed by atoms with Crippen molar-refractivity contribution in [2.75, 3.05) is 5.75 Å². The van der Waals surface area contributed by atoms with Crippen LogP contribution in [0.15, 0.2) is 53.4 Å². The topological polar surface area (TPSA) is 80.8 Å². The summed E-state index contributed by atoms with van der Waals surface area (Å²) in [5.41, 5.74) is 0.322. The Bertz CT molecular complexity index is 830. The second kappa shape index (κ2) is 6.54. The van der Waals surface area contributed by atoms with Gasteiger partial charge in [0.2, 0.25) is 0 Å². The maximum absolute atomic E-state index is 12.1. The van der Waals surface area contributed by atoms with Crippen LogP contribution in [0.1, 0.15) is 20.7 Å². The van der Waals surface area contributed by atoms with Gasteiger partial charge in [0.05, 0.1) is 21.9 Å². The quantitative estimate of drug-likeness (QED) is 0.778. The van der Waals surface area contributed by atoms with Crippen LogP contribution in [0.5, 0.6) is 0 Å². The lowest BCUT2D eigenvalue weighted by Crippen LogP contribution is -2.34. The maximum atomic E-state index is 12.1. The molecule has 0 radical (unpaired) electrons. The summed E-state index contributed by atoms with van der Waals surface area (Å²) in [7, 11) is -1.68. The second-order valence-corrected chi connectivity index (χ2v) is 6.74. The highest BCUT2D eigenvalue weighted by Gasteiger charge is 2.38. The van der Waals surface area contributed by atoms with Crippen molar-refractivity contribution in [2.45, 2.75) is 4.90 Å². The normalized spacial score (nSPS) is 14.5. The lowest BCUT2D eigenvalue weighted by Gasteiger charge is -2.12. The number of nitrogens with zero attached hydrogens (tertiary/aromatic N) is 1. The van der Waals surface area contributed by atoms with Crippen LogP contribution in [-0.2, 0) is 20.4 Å². The van der Waals surface area contributed by atoms with Gasteiger partial charge in [0.25, 0.3) is 11.8 Å². The van der Waals surface area contributed by atoms with Crippen LogP contribution in [0.2, 0.25) is 5.02 Å². The lowest BCUT2D eigenvalue weighted by atomic mass is 10.1. The molecule has 0 saturated heterocycles. The van der Waals surface area contributed by atoms with Crippen molar-refractivity contribution in [3.63, 3.8) is 0 Å². The highest BCUT2D eigenvalue weighted by Crippen LogP contribution is 2.22. The molecule has 0 aromatic heterocycles. The number of hydrogen-bond donors (Lipinski definition) is 0. The van der Waals surface area contributed by atoms with Gasteiger partial charge < -0.3 is 4.84 Å². The third kappa shape index (κ3) is 3.08. The molecule has 24 heavy (non-hydrogen) atoms. The summed E-state index contributed by atoms with van der Waals surface area (Å²) in [5, 5.41) is 0.871. The van der Waals surface area contributed by atoms with E-state index in [1.807, 2.05) is 0 Å². The van der Waals surface area contributed by atoms with Crippen molar-refractivity contribution < 1.29 is 23.4 Å². The molecule has 0 fully saturated rings. The number of carbonyl (C=O) groups excluding carboxylic acids is 3. The van der Waals surface area contributed by atoms with E-state index < -0.39 is 34.3 Å². The van der Waals surface area contributed by atoms with Crippen molar-refractivity contribution in [1.82, 2.24) is 5.06 Å². The van der Waals surface area contributed by atoms with Crippen LogP contribution < -0.4 is 0 Å². The summed E-state index contributed by atoms with van der Waals surface area (Å²) in [6, 6.07) is 12.3. The molecule has 6 nitrogen and oxygen atoms in total. The van der Waals surface area contributed by atoms with Gasteiger partial charge >= 0.3 is 5.97 Å². The molecule has 0 spiro atoms. The van der Waals surface area contributed by atoms with Gasteiger partial charge in [-0.3, -0.25) is 13.8 Å². The van der Waals surface area contributed by atoms with Crippen LogP contribution in [0, 0.1) is 0 Å². The first-order valence-corrected chi connectivity index (χ1v) is 8.49. The van der Waals surface area contributed by atoms with Crippen LogP contribution in [-0.4, -0.2) is 32.8 Å². The molecule has 2 aromatic rings. The standard InChI is InChI=1S/C16H10ClNO5S/c17-10-5-7-11(8-6-10)24(22)9-14(19)23-18-15(20)12-3-1-2-4-13(12)16(18)21/h1-8H,9H2. The summed E-state index contributed by atoms with van der Waals surface area (Å²) >= 11 is 5.74. The highest BCUT2D eigenvalue weighted by atomic mass is 35.5. The van der Waals surface area contributed by atoms with Gasteiger partial charge in [-0.2, -0.15) is 0 Å². The van der Waals surface area contributed by atoms with Crippen molar-refractivity contribution in [3.8, 4) is 0 Å². The van der Waals surface area contributed by atoms with E-state index in [0.29, 0.717) is 15.0 Å². The first kappa shape index (κ1) is 16.4. The average Bonchev–Trinajstić information content (AvgIpc) is 2.81. The minimum Gasteiger partial charge on any atom is -0.329 e. The fourth-order valence-electron chi connectivity index (χ4n) is 2.15. The number of carbonyl (C=O) groups is 3. The molecule has 1 aliphatic heterocycles. The van der Waals surface area contributed by atoms with Gasteiger partial charge in [0.15, 0.2) is 0 Å². The molecule has 122 valence electrons. The van der Waals surface area contributed by atoms with E-state index in [9.17, 15) is 18.6 Å². The molecule has 1 aliphatic rings. The van der Waals surface area contributed by atoms with Gasteiger partial charge in [-0.25, -0.2) is 4.79 Å². The second-order valence-electron chi connectivity index (χ2n) is 4.86. The average molecular weight is 364 g/mol. The fraction of sp³-hybridized carbons (Fsp3) is 0.0625. The molecule has 1 atom stereocenters. The predicted molar refractivity (Wildman–Crippen MR) is 85.8 cm³/mol. The van der Waals surface area contributed by atoms with E-state index in [1.165, 1.54) is 24.3 Å². The summed E-state index contributed by atoms with van der Waals surface area (Å²) in [6.07, 6.45) is 0. The largest absolute Gasteiger partial charge is 0.346 e. The highest BCUT2D eigenvalue weighted by molar-refractivity contribution is 7.85. The van der Waals surface area contributed by atoms with Gasteiger partial charge in [-0.05, 0) is 36.4 Å². The van der Waals surface area contributed by atoms with Gasteiger partial charge in [0.1, 0.15) is 5.75 Å². The molecule has 0 saturated carbocycles. The van der Waals surface area contributed by atoms with E-state index in [-0.39, 0.29) is 11.1 Å². The Morgan fingerprint density at radius 3 is 2.08 bits per heavy atom. The Labute approximate surface area is 144 Å². The first-order valence-electron chi connectivity index (χ1n) is 6.80. The van der Waals surface area contributed by atoms with Crippen molar-refractivity contribution in [2.24, 2.45) is 0 Å². The molecule has 0 bridgehead atoms. The number of amides is 2. The monoisotopic (exact) mass is 363 g/mol. The SMILES string of the molecule is O=C(CS(=O)c1ccc(Cl)cc1)ON1C(=O)c2ccccc2C1=O. The zero-order valence-electron chi connectivity index (χ0n) is 12.1. The van der Waals surface area contributed by atoms with Crippen molar-refractivity contribution >= 4 is 40.2 Å². The minimum atomic E-state index is -1.68. The molecule has 3 rings (SSSR count). The Kier molecular flexibility index (Phi) is 4.46. The van der Waals surface area contributed by atoms with E-state index in [1.54, 1.807) is 24.3 Å². The van der Waals surface area contributed by atoms with Gasteiger partial charge in [-0.1, -0.05) is 28.8 Å². The number of hydrogen-bond acceptors (Lipinski definition) is 5. The Hall–Kier alpha value is -2.51. The first-order chi connectivity index (χ1) is 11.5. The molecule has 1 heterocycles. The summed E-state index contributed by atoms with van der Waals surface area (Å²) in [6.45, 7) is 0. The van der Waals surface area contributed by atoms with Crippen LogP contribution in [0.3, 0.4) is 0 Å². The summed E-state index contributed by atoms with van der Waals surface area (Å²) in [5.74, 6) is -2.88. The van der Waals surface area contributed by atoms with Crippen molar-refractivity contribution in [3.05, 3.63) is 64.7 Å². The Balaban J connectivity index is 1.68. The molecular formula is C16H10ClNO5S. The third-order valence-electron chi connectivity index (χ3n) is 3.28. The molecule has 2 amide bonds. The van der Waals surface area contributed by atoms with Gasteiger partial charge in [0, 0.05) is 9.92 Å². The van der Waals surface area contributed by atoms with Crippen LogP contribution in [0.25, 0.3) is 0 Å². The number of benzene rings is 2. The lowest BCUT2D eigenvalue weighted by molar-refractivity contribution is -0.165. The van der Waals surface area contributed by atoms with E-state index in [4.69, 9.17) is 16.4 Å². The fourth-order valence-corrected chi connectivity index (χ4v) is 3.15. The molecule has 8 heteroatoms. The number of rotatable bonds is 4. The van der Waals surface area contributed by atoms with Gasteiger partial charge in [-0.15, -0.1) is 0 Å². The van der Waals surface area contributed by atoms with Crippen molar-refractivity contribution in [1.29, 1.82) is 0 Å². The summed E-state index contributed by atoms with van der Waals surface area (Å²) < 4.78 is 12.1. The molecule has 1 unspecified atom stereocenters. The number of hydroxylamine groups is 2. The molecule has 2 aromatic carbocycles. The zero-order valence-corrected chi connectivity index (χ0v) is 13.7. The Morgan fingerprint density at radius 2 is 1.54 bits per heavy atom.